The number of hydrogen-bond donors (Lipinski definition) is 1. The van der Waals surface area contributed by atoms with Crippen molar-refractivity contribution in [2.45, 2.75) is 39.2 Å². The van der Waals surface area contributed by atoms with Crippen molar-refractivity contribution in [3.8, 4) is 0 Å². The highest BCUT2D eigenvalue weighted by Crippen LogP contribution is 2.32. The van der Waals surface area contributed by atoms with Gasteiger partial charge in [0.15, 0.2) is 0 Å². The van der Waals surface area contributed by atoms with Gasteiger partial charge in [0.05, 0.1) is 0 Å². The maximum Gasteiger partial charge on any atom is 0.0377 e. The Bertz CT molecular complexity index is 399. The van der Waals surface area contributed by atoms with E-state index in [0.717, 1.165) is 18.9 Å². The smallest absolute Gasteiger partial charge is 0.0377 e. The van der Waals surface area contributed by atoms with Gasteiger partial charge >= 0.3 is 0 Å². The lowest BCUT2D eigenvalue weighted by molar-refractivity contribution is 0.731. The van der Waals surface area contributed by atoms with Crippen LogP contribution in [0.15, 0.2) is 22.7 Å². The van der Waals surface area contributed by atoms with E-state index in [4.69, 9.17) is 5.73 Å². The second kappa shape index (κ2) is 6.07. The molecule has 1 atom stereocenters. The summed E-state index contributed by atoms with van der Waals surface area (Å²) in [6, 6.07) is 6.89. The Balaban J connectivity index is 2.10. The monoisotopic (exact) mass is 310 g/mol. The van der Waals surface area contributed by atoms with Gasteiger partial charge in [0.2, 0.25) is 0 Å². The average molecular weight is 311 g/mol. The van der Waals surface area contributed by atoms with Gasteiger partial charge in [-0.05, 0) is 56.7 Å². The molecule has 0 heterocycles. The maximum absolute atomic E-state index is 5.86. The summed E-state index contributed by atoms with van der Waals surface area (Å²) in [7, 11) is 0. The number of benzene rings is 1. The number of rotatable bonds is 6. The van der Waals surface area contributed by atoms with Crippen LogP contribution in [0.3, 0.4) is 0 Å². The van der Waals surface area contributed by atoms with Crippen LogP contribution in [-0.2, 0) is 6.42 Å². The first-order chi connectivity index (χ1) is 8.60. The van der Waals surface area contributed by atoms with Crippen molar-refractivity contribution >= 4 is 21.6 Å². The topological polar surface area (TPSA) is 29.3 Å². The van der Waals surface area contributed by atoms with Crippen LogP contribution in [0.4, 0.5) is 5.69 Å². The number of hydrogen-bond acceptors (Lipinski definition) is 2. The normalized spacial score (nSPS) is 16.7. The van der Waals surface area contributed by atoms with E-state index in [1.807, 2.05) is 6.92 Å². The minimum Gasteiger partial charge on any atom is -0.372 e. The predicted octanol–water partition coefficient (Wildman–Crippen LogP) is 3.58. The second-order valence-corrected chi connectivity index (χ2v) is 6.29. The molecule has 1 aromatic rings. The molecule has 18 heavy (non-hydrogen) atoms. The first kappa shape index (κ1) is 13.9. The molecule has 3 heteroatoms. The van der Waals surface area contributed by atoms with Gasteiger partial charge in [-0.3, -0.25) is 0 Å². The highest BCUT2D eigenvalue weighted by atomic mass is 79.9. The Kier molecular flexibility index (Phi) is 4.68. The molecule has 0 spiro atoms. The Morgan fingerprint density at radius 1 is 1.44 bits per heavy atom. The van der Waals surface area contributed by atoms with Crippen molar-refractivity contribution in [2.75, 3.05) is 18.0 Å². The third-order valence-electron chi connectivity index (χ3n) is 3.50. The van der Waals surface area contributed by atoms with Crippen LogP contribution in [0, 0.1) is 5.92 Å². The van der Waals surface area contributed by atoms with Gasteiger partial charge < -0.3 is 10.6 Å². The fraction of sp³-hybridized carbons (Fsp3) is 0.600. The van der Waals surface area contributed by atoms with E-state index in [9.17, 15) is 0 Å². The van der Waals surface area contributed by atoms with Crippen molar-refractivity contribution in [2.24, 2.45) is 11.7 Å². The number of anilines is 1. The lowest BCUT2D eigenvalue weighted by Crippen LogP contribution is -2.25. The third kappa shape index (κ3) is 3.72. The van der Waals surface area contributed by atoms with Gasteiger partial charge in [-0.1, -0.05) is 22.0 Å². The van der Waals surface area contributed by atoms with Crippen LogP contribution in [-0.4, -0.2) is 19.1 Å². The molecular weight excluding hydrogens is 288 g/mol. The Morgan fingerprint density at radius 2 is 2.17 bits per heavy atom. The van der Waals surface area contributed by atoms with Crippen molar-refractivity contribution < 1.29 is 0 Å². The average Bonchev–Trinajstić information content (AvgIpc) is 3.12. The van der Waals surface area contributed by atoms with Crippen molar-refractivity contribution in [3.05, 3.63) is 28.2 Å². The SMILES string of the molecule is CCN(CC1CC1)c1ccc(CC(C)N)c(Br)c1. The number of halogens is 1. The Labute approximate surface area is 119 Å². The molecule has 2 N–H and O–H groups in total. The standard InChI is InChI=1S/C15H23BrN2/c1-3-18(10-12-4-5-12)14-7-6-13(8-11(2)17)15(16)9-14/h6-7,9,11-12H,3-5,8,10,17H2,1-2H3. The minimum atomic E-state index is 0.209. The molecule has 1 unspecified atom stereocenters. The summed E-state index contributed by atoms with van der Waals surface area (Å²) < 4.78 is 1.19. The van der Waals surface area contributed by atoms with E-state index in [0.29, 0.717) is 0 Å². The van der Waals surface area contributed by atoms with Crippen molar-refractivity contribution in [3.63, 3.8) is 0 Å². The zero-order valence-electron chi connectivity index (χ0n) is 11.3. The molecule has 1 fully saturated rings. The molecule has 2 nitrogen and oxygen atoms in total. The van der Waals surface area contributed by atoms with Crippen molar-refractivity contribution in [1.82, 2.24) is 0 Å². The van der Waals surface area contributed by atoms with E-state index in [2.05, 4.69) is 46.0 Å². The molecule has 0 aromatic heterocycles. The molecule has 0 amide bonds. The third-order valence-corrected chi connectivity index (χ3v) is 4.24. The van der Waals surface area contributed by atoms with E-state index in [1.165, 1.54) is 35.1 Å². The molecule has 1 aliphatic rings. The van der Waals surface area contributed by atoms with E-state index >= 15 is 0 Å². The molecule has 0 saturated heterocycles. The molecule has 0 bridgehead atoms. The fourth-order valence-electron chi connectivity index (χ4n) is 2.27. The zero-order valence-corrected chi connectivity index (χ0v) is 12.9. The molecular formula is C15H23BrN2. The van der Waals surface area contributed by atoms with Crippen LogP contribution in [0.5, 0.6) is 0 Å². The van der Waals surface area contributed by atoms with E-state index in [-0.39, 0.29) is 6.04 Å². The van der Waals surface area contributed by atoms with Crippen LogP contribution < -0.4 is 10.6 Å². The van der Waals surface area contributed by atoms with Gasteiger partial charge in [0.1, 0.15) is 0 Å². The first-order valence-corrected chi connectivity index (χ1v) is 7.68. The van der Waals surface area contributed by atoms with E-state index in [1.54, 1.807) is 0 Å². The summed E-state index contributed by atoms with van der Waals surface area (Å²) in [6.45, 7) is 6.56. The summed E-state index contributed by atoms with van der Waals surface area (Å²) in [5.74, 6) is 0.924. The van der Waals surface area contributed by atoms with Gasteiger partial charge in [0.25, 0.3) is 0 Å². The zero-order chi connectivity index (χ0) is 13.1. The summed E-state index contributed by atoms with van der Waals surface area (Å²) in [5, 5.41) is 0. The van der Waals surface area contributed by atoms with Crippen LogP contribution in [0.2, 0.25) is 0 Å². The lowest BCUT2D eigenvalue weighted by Gasteiger charge is -2.24. The summed E-state index contributed by atoms with van der Waals surface area (Å²) in [4.78, 5) is 2.47. The molecule has 0 radical (unpaired) electrons. The van der Waals surface area contributed by atoms with Gasteiger partial charge in [0, 0.05) is 29.3 Å². The van der Waals surface area contributed by atoms with Crippen molar-refractivity contribution in [1.29, 1.82) is 0 Å². The molecule has 1 saturated carbocycles. The van der Waals surface area contributed by atoms with Gasteiger partial charge in [-0.15, -0.1) is 0 Å². The summed E-state index contributed by atoms with van der Waals surface area (Å²) >= 11 is 3.67. The quantitative estimate of drug-likeness (QED) is 0.870. The van der Waals surface area contributed by atoms with Gasteiger partial charge in [-0.2, -0.15) is 0 Å². The summed E-state index contributed by atoms with van der Waals surface area (Å²) in [5.41, 5.74) is 8.49. The molecule has 1 aliphatic carbocycles. The first-order valence-electron chi connectivity index (χ1n) is 6.89. The number of nitrogens with two attached hydrogens (primary N) is 1. The van der Waals surface area contributed by atoms with Crippen LogP contribution in [0.1, 0.15) is 32.3 Å². The molecule has 1 aromatic carbocycles. The highest BCUT2D eigenvalue weighted by Gasteiger charge is 2.24. The Hall–Kier alpha value is -0.540. The fourth-order valence-corrected chi connectivity index (χ4v) is 2.80. The lowest BCUT2D eigenvalue weighted by atomic mass is 10.1. The largest absolute Gasteiger partial charge is 0.372 e. The van der Waals surface area contributed by atoms with E-state index < -0.39 is 0 Å². The predicted molar refractivity (Wildman–Crippen MR) is 82.1 cm³/mol. The van der Waals surface area contributed by atoms with Crippen LogP contribution in [0.25, 0.3) is 0 Å². The second-order valence-electron chi connectivity index (χ2n) is 5.44. The van der Waals surface area contributed by atoms with Gasteiger partial charge in [-0.25, -0.2) is 0 Å². The number of nitrogens with zero attached hydrogens (tertiary/aromatic N) is 1. The molecule has 100 valence electrons. The maximum atomic E-state index is 5.86. The highest BCUT2D eigenvalue weighted by molar-refractivity contribution is 9.10. The summed E-state index contributed by atoms with van der Waals surface area (Å²) in [6.07, 6.45) is 3.73. The molecule has 0 aliphatic heterocycles. The Morgan fingerprint density at radius 3 is 2.67 bits per heavy atom. The van der Waals surface area contributed by atoms with Crippen LogP contribution >= 0.6 is 15.9 Å². The minimum absolute atomic E-state index is 0.209. The molecule has 2 rings (SSSR count).